The fourth-order valence-electron chi connectivity index (χ4n) is 2.59. The molecule has 0 heterocycles. The van der Waals surface area contributed by atoms with Crippen LogP contribution in [0.2, 0.25) is 0 Å². The van der Waals surface area contributed by atoms with Gasteiger partial charge in [0, 0.05) is 11.5 Å². The molecule has 0 saturated carbocycles. The van der Waals surface area contributed by atoms with Gasteiger partial charge >= 0.3 is 103 Å². The van der Waals surface area contributed by atoms with Gasteiger partial charge in [0.2, 0.25) is 0 Å². The smallest absolute Gasteiger partial charge is 0.748 e. The Balaban J connectivity index is -0.000000269. The monoisotopic (exact) mass is 660 g/mol. The molecule has 12 nitrogen and oxygen atoms in total. The Hall–Kier alpha value is 2.77. The number of rotatable bonds is 20. The number of hydrogen-bond donors (Lipinski definition) is 0. The Kier molecular flexibility index (Phi) is 32.4. The van der Waals surface area contributed by atoms with Gasteiger partial charge in [-0.05, 0) is 34.7 Å². The molecule has 0 bridgehead atoms. The molecular weight excluding hydrogens is 629 g/mol. The third kappa shape index (κ3) is 38.9. The van der Waals surface area contributed by atoms with E-state index in [9.17, 15) is 51.8 Å². The molecule has 0 amide bonds. The average molecular weight is 661 g/mol. The molecule has 0 unspecified atom stereocenters. The fraction of sp³-hybridized carbons (Fsp3) is 1.00. The molecule has 0 atom stereocenters. The molecule has 36 heavy (non-hydrogen) atoms. The van der Waals surface area contributed by atoms with Crippen molar-refractivity contribution in [2.24, 2.45) is 0 Å². The third-order valence-corrected chi connectivity index (χ3v) is 7.81. The van der Waals surface area contributed by atoms with Crippen LogP contribution < -0.4 is 103 Å². The van der Waals surface area contributed by atoms with E-state index >= 15 is 0 Å². The zero-order valence-electron chi connectivity index (χ0n) is 20.6. The summed E-state index contributed by atoms with van der Waals surface area (Å²) in [5, 5.41) is 0. The zero-order chi connectivity index (χ0) is 26.7. The standard InChI is InChI=1S/2C8H17FO6S2.2K/c2*9-15-17(13,14)8-6-4-2-1-3-5-7-16(10,11)12;;/h2*1-8H2,(H,10,11,12);;/q;;2*+1/p-2. The molecule has 0 radical (unpaired) electrons. The van der Waals surface area contributed by atoms with E-state index in [2.05, 4.69) is 8.78 Å². The molecule has 0 spiro atoms. The summed E-state index contributed by atoms with van der Waals surface area (Å²) in [7, 11) is -16.3. The van der Waals surface area contributed by atoms with Gasteiger partial charge in [0.15, 0.2) is 0 Å². The molecule has 0 aliphatic rings. The van der Waals surface area contributed by atoms with Crippen molar-refractivity contribution in [1.29, 1.82) is 0 Å². The molecule has 20 heteroatoms. The molecule has 0 rings (SSSR count). The van der Waals surface area contributed by atoms with E-state index in [0.717, 1.165) is 0 Å². The van der Waals surface area contributed by atoms with Crippen LogP contribution in [0.15, 0.2) is 0 Å². The minimum atomic E-state index is -4.13. The van der Waals surface area contributed by atoms with Gasteiger partial charge in [-0.2, -0.15) is 16.8 Å². The van der Waals surface area contributed by atoms with Gasteiger partial charge in [-0.1, -0.05) is 60.1 Å². The van der Waals surface area contributed by atoms with Gasteiger partial charge in [-0.25, -0.2) is 16.8 Å². The maximum atomic E-state index is 11.4. The van der Waals surface area contributed by atoms with Gasteiger partial charge in [0.1, 0.15) is 0 Å². The van der Waals surface area contributed by atoms with Crippen LogP contribution in [0.5, 0.6) is 0 Å². The van der Waals surface area contributed by atoms with Gasteiger partial charge in [-0.3, -0.25) is 0 Å². The van der Waals surface area contributed by atoms with Gasteiger partial charge in [-0.15, -0.1) is 0 Å². The molecule has 0 aliphatic heterocycles. The molecule has 0 aliphatic carbocycles. The van der Waals surface area contributed by atoms with Crippen LogP contribution >= 0.6 is 0 Å². The van der Waals surface area contributed by atoms with Crippen molar-refractivity contribution in [2.75, 3.05) is 23.0 Å². The van der Waals surface area contributed by atoms with Crippen molar-refractivity contribution < 1.29 is 163 Å². The van der Waals surface area contributed by atoms with Crippen LogP contribution in [0.25, 0.3) is 0 Å². The Morgan fingerprint density at radius 3 is 0.806 bits per heavy atom. The summed E-state index contributed by atoms with van der Waals surface area (Å²) < 4.78 is 132. The van der Waals surface area contributed by atoms with Crippen molar-refractivity contribution in [3.63, 3.8) is 0 Å². The van der Waals surface area contributed by atoms with E-state index in [1.807, 2.05) is 0 Å². The van der Waals surface area contributed by atoms with Gasteiger partial charge in [0.05, 0.1) is 31.7 Å². The maximum absolute atomic E-state index is 11.4. The quantitative estimate of drug-likeness (QED) is 0.0702. The van der Waals surface area contributed by atoms with E-state index in [1.165, 1.54) is 0 Å². The predicted octanol–water partition coefficient (Wildman–Crippen LogP) is -3.79. The second-order valence-corrected chi connectivity index (χ2v) is 13.8. The summed E-state index contributed by atoms with van der Waals surface area (Å²) >= 11 is 0. The molecule has 0 aromatic carbocycles. The summed E-state index contributed by atoms with van der Waals surface area (Å²) in [5.74, 6) is -1.45. The zero-order valence-corrected chi connectivity index (χ0v) is 30.1. The van der Waals surface area contributed by atoms with Crippen molar-refractivity contribution in [1.82, 2.24) is 0 Å². The topological polar surface area (TPSA) is 201 Å². The van der Waals surface area contributed by atoms with Crippen LogP contribution in [-0.2, 0) is 49.2 Å². The molecule has 0 aromatic rings. The largest absolute Gasteiger partial charge is 1.00 e. The van der Waals surface area contributed by atoms with Crippen LogP contribution in [0.3, 0.4) is 0 Å². The van der Waals surface area contributed by atoms with Crippen LogP contribution in [0.1, 0.15) is 77.0 Å². The van der Waals surface area contributed by atoms with E-state index in [-0.39, 0.29) is 126 Å². The van der Waals surface area contributed by atoms with Crippen LogP contribution in [-0.4, -0.2) is 65.8 Å². The molecule has 0 aromatic heterocycles. The first-order valence-corrected chi connectivity index (χ1v) is 16.8. The Labute approximate surface area is 298 Å². The van der Waals surface area contributed by atoms with Crippen LogP contribution in [0, 0.1) is 0 Å². The fourth-order valence-corrected chi connectivity index (χ4v) is 4.95. The molecular formula is C16H32F2K2O12S4. The summed E-state index contributed by atoms with van der Waals surface area (Å²) in [6, 6.07) is 0. The van der Waals surface area contributed by atoms with Crippen molar-refractivity contribution in [2.45, 2.75) is 77.0 Å². The van der Waals surface area contributed by atoms with Crippen LogP contribution in [0.4, 0.5) is 9.05 Å². The second-order valence-electron chi connectivity index (χ2n) is 7.42. The molecule has 0 saturated heterocycles. The van der Waals surface area contributed by atoms with E-state index in [1.54, 1.807) is 0 Å². The first kappa shape index (κ1) is 45.8. The molecule has 208 valence electrons. The van der Waals surface area contributed by atoms with Crippen molar-refractivity contribution in [3.8, 4) is 0 Å². The summed E-state index contributed by atoms with van der Waals surface area (Å²) in [4.78, 5) is 0. The normalized spacial score (nSPS) is 12.1. The Morgan fingerprint density at radius 1 is 0.417 bits per heavy atom. The third-order valence-electron chi connectivity index (χ3n) is 4.27. The average Bonchev–Trinajstić information content (AvgIpc) is 2.71. The first-order chi connectivity index (χ1) is 15.5. The molecule has 0 fully saturated rings. The van der Waals surface area contributed by atoms with Crippen molar-refractivity contribution in [3.05, 3.63) is 0 Å². The molecule has 0 N–H and O–H groups in total. The summed E-state index contributed by atoms with van der Waals surface area (Å²) in [6.07, 6.45) is 6.47. The van der Waals surface area contributed by atoms with Gasteiger partial charge in [0.25, 0.3) is 20.2 Å². The Bertz CT molecular complexity index is 866. The van der Waals surface area contributed by atoms with Gasteiger partial charge < -0.3 is 9.11 Å². The summed E-state index contributed by atoms with van der Waals surface area (Å²) in [5.41, 5.74) is 0. The van der Waals surface area contributed by atoms with Crippen molar-refractivity contribution >= 4 is 40.5 Å². The number of unbranched alkanes of at least 4 members (excludes halogenated alkanes) is 10. The summed E-state index contributed by atoms with van der Waals surface area (Å²) in [6.45, 7) is 0. The van der Waals surface area contributed by atoms with E-state index in [4.69, 9.17) is 0 Å². The predicted molar refractivity (Wildman–Crippen MR) is 116 cm³/mol. The van der Waals surface area contributed by atoms with E-state index < -0.39 is 40.5 Å². The Morgan fingerprint density at radius 2 is 0.611 bits per heavy atom. The second kappa shape index (κ2) is 25.5. The minimum Gasteiger partial charge on any atom is -0.748 e. The SMILES string of the molecule is O=S(=O)([O-])CCCCCCCCS(=O)(=O)OF.O=S(=O)([O-])CCCCCCCCS(=O)(=O)OF.[K+].[K+]. The minimum absolute atomic E-state index is 0. The maximum Gasteiger partial charge on any atom is 1.00 e. The first-order valence-electron chi connectivity index (χ1n) is 10.5. The van der Waals surface area contributed by atoms with E-state index in [0.29, 0.717) is 77.0 Å². The number of halogens is 2. The number of hydrogen-bond acceptors (Lipinski definition) is 12.